The predicted molar refractivity (Wildman–Crippen MR) is 144 cm³/mol. The summed E-state index contributed by atoms with van der Waals surface area (Å²) in [6, 6.07) is 5.70. The standard InChI is InChI=1S/C27H26ClF3N6O4/c1-26(2)40-14-19(41-26)13-39-18-10-32-24(33-11-18)35-25(38)37-17-6-7-36(12-17)21-9-20(28)22(34-23(21)37)15-4-3-5-16(8-15)27(29,30)31/h3-5,8-11,17,19H,6-7,12-14H2,1-2H3,(H,32,33,35,38)/t17?,19-/m1/s1. The van der Waals surface area contributed by atoms with E-state index in [1.807, 2.05) is 13.8 Å². The fraction of sp³-hybridized carbons (Fsp3) is 0.407. The first kappa shape index (κ1) is 27.5. The van der Waals surface area contributed by atoms with Crippen molar-refractivity contribution >= 4 is 35.1 Å². The molecule has 2 fully saturated rings. The summed E-state index contributed by atoms with van der Waals surface area (Å²) in [6.07, 6.45) is -1.19. The lowest BCUT2D eigenvalue weighted by molar-refractivity contribution is -0.141. The zero-order valence-corrected chi connectivity index (χ0v) is 22.9. The maximum atomic E-state index is 13.5. The summed E-state index contributed by atoms with van der Waals surface area (Å²) < 4.78 is 57.0. The molecule has 0 radical (unpaired) electrons. The molecule has 2 aromatic heterocycles. The number of ether oxygens (including phenoxy) is 3. The first-order valence-corrected chi connectivity index (χ1v) is 13.3. The number of anilines is 3. The second-order valence-electron chi connectivity index (χ2n) is 10.4. The lowest BCUT2D eigenvalue weighted by Gasteiger charge is -2.36. The van der Waals surface area contributed by atoms with Crippen molar-refractivity contribution in [3.63, 3.8) is 0 Å². The van der Waals surface area contributed by atoms with Crippen molar-refractivity contribution in [1.29, 1.82) is 0 Å². The monoisotopic (exact) mass is 590 g/mol. The number of alkyl halides is 3. The van der Waals surface area contributed by atoms with Crippen molar-refractivity contribution in [2.75, 3.05) is 41.4 Å². The van der Waals surface area contributed by atoms with Gasteiger partial charge in [0.2, 0.25) is 5.95 Å². The van der Waals surface area contributed by atoms with Crippen LogP contribution >= 0.6 is 11.6 Å². The number of nitrogens with one attached hydrogen (secondary N) is 1. The summed E-state index contributed by atoms with van der Waals surface area (Å²) in [5.41, 5.74) is 0.148. The second-order valence-corrected chi connectivity index (χ2v) is 10.8. The molecule has 41 heavy (non-hydrogen) atoms. The van der Waals surface area contributed by atoms with Gasteiger partial charge >= 0.3 is 12.2 Å². The van der Waals surface area contributed by atoms with Crippen LogP contribution in [-0.4, -0.2) is 65.2 Å². The number of aromatic nitrogens is 3. The molecule has 10 nitrogen and oxygen atoms in total. The van der Waals surface area contributed by atoms with Gasteiger partial charge < -0.3 is 19.1 Å². The number of fused-ring (bicyclic) bond motifs is 4. The third-order valence-corrected chi connectivity index (χ3v) is 7.35. The molecule has 0 spiro atoms. The number of carbonyl (C=O) groups excluding carboxylic acids is 1. The molecule has 216 valence electrons. The van der Waals surface area contributed by atoms with Gasteiger partial charge in [0.15, 0.2) is 17.4 Å². The van der Waals surface area contributed by atoms with E-state index >= 15 is 0 Å². The number of pyridine rings is 1. The molecule has 14 heteroatoms. The van der Waals surface area contributed by atoms with Crippen molar-refractivity contribution in [3.05, 3.63) is 53.3 Å². The van der Waals surface area contributed by atoms with Crippen LogP contribution in [0.15, 0.2) is 42.7 Å². The van der Waals surface area contributed by atoms with Gasteiger partial charge in [0.25, 0.3) is 0 Å². The minimum absolute atomic E-state index is 0.0537. The number of amides is 2. The number of carbonyl (C=O) groups is 1. The second kappa shape index (κ2) is 10.3. The molecule has 1 unspecified atom stereocenters. The van der Waals surface area contributed by atoms with Crippen molar-refractivity contribution < 1.29 is 32.2 Å². The van der Waals surface area contributed by atoms with Crippen LogP contribution < -0.4 is 19.9 Å². The van der Waals surface area contributed by atoms with Crippen LogP contribution in [0.3, 0.4) is 0 Å². The van der Waals surface area contributed by atoms with Gasteiger partial charge in [-0.05, 0) is 38.5 Å². The van der Waals surface area contributed by atoms with Gasteiger partial charge in [0.1, 0.15) is 12.7 Å². The first-order chi connectivity index (χ1) is 19.5. The third kappa shape index (κ3) is 5.61. The summed E-state index contributed by atoms with van der Waals surface area (Å²) in [5.74, 6) is 0.0941. The third-order valence-electron chi connectivity index (χ3n) is 7.07. The van der Waals surface area contributed by atoms with Crippen LogP contribution in [-0.2, 0) is 15.7 Å². The van der Waals surface area contributed by atoms with Gasteiger partial charge in [0, 0.05) is 18.7 Å². The Morgan fingerprint density at radius 1 is 1.24 bits per heavy atom. The van der Waals surface area contributed by atoms with Gasteiger partial charge in [-0.15, -0.1) is 0 Å². The van der Waals surface area contributed by atoms with Crippen molar-refractivity contribution in [1.82, 2.24) is 15.0 Å². The summed E-state index contributed by atoms with van der Waals surface area (Å²) in [4.78, 5) is 30.1. The summed E-state index contributed by atoms with van der Waals surface area (Å²) >= 11 is 6.52. The van der Waals surface area contributed by atoms with Crippen LogP contribution in [0.25, 0.3) is 11.3 Å². The average molecular weight is 591 g/mol. The number of rotatable bonds is 5. The zero-order chi connectivity index (χ0) is 28.9. The number of hydrogen-bond acceptors (Lipinski definition) is 8. The van der Waals surface area contributed by atoms with Crippen LogP contribution in [0, 0.1) is 0 Å². The highest BCUT2D eigenvalue weighted by atomic mass is 35.5. The minimum Gasteiger partial charge on any atom is -0.488 e. The Balaban J connectivity index is 1.21. The molecule has 3 aliphatic heterocycles. The Labute approximate surface area is 238 Å². The molecular formula is C27H26ClF3N6O4. The lowest BCUT2D eigenvalue weighted by Crippen LogP contribution is -2.48. The fourth-order valence-electron chi connectivity index (χ4n) is 5.18. The number of nitrogens with zero attached hydrogens (tertiary/aromatic N) is 5. The molecule has 2 atom stereocenters. The Morgan fingerprint density at radius 2 is 2.02 bits per heavy atom. The molecule has 5 heterocycles. The van der Waals surface area contributed by atoms with Gasteiger partial charge in [-0.3, -0.25) is 10.2 Å². The van der Waals surface area contributed by atoms with E-state index in [0.717, 1.165) is 12.1 Å². The quantitative estimate of drug-likeness (QED) is 0.423. The van der Waals surface area contributed by atoms with E-state index in [1.54, 1.807) is 6.07 Å². The summed E-state index contributed by atoms with van der Waals surface area (Å²) in [7, 11) is 0. The van der Waals surface area contributed by atoms with Crippen LogP contribution in [0.2, 0.25) is 5.02 Å². The zero-order valence-electron chi connectivity index (χ0n) is 22.1. The van der Waals surface area contributed by atoms with E-state index in [2.05, 4.69) is 25.2 Å². The van der Waals surface area contributed by atoms with E-state index in [9.17, 15) is 18.0 Å². The van der Waals surface area contributed by atoms with Gasteiger partial charge in [-0.1, -0.05) is 23.7 Å². The highest BCUT2D eigenvalue weighted by Gasteiger charge is 2.41. The SMILES string of the molecule is CC1(C)OC[C@@H](COc2cnc(NC(=O)N3c4nc(-c5cccc(C(F)(F)F)c5)c(Cl)cc4N4CCC3C4)nc2)O1. The van der Waals surface area contributed by atoms with Gasteiger partial charge in [0.05, 0.1) is 47.0 Å². The number of halogens is 4. The minimum atomic E-state index is -4.52. The topological polar surface area (TPSA) is 102 Å². The maximum Gasteiger partial charge on any atom is 0.416 e. The van der Waals surface area contributed by atoms with Crippen LogP contribution in [0.4, 0.5) is 35.4 Å². The number of hydrogen-bond donors (Lipinski definition) is 1. The normalized spacial score (nSPS) is 21.1. The molecule has 2 bridgehead atoms. The summed E-state index contributed by atoms with van der Waals surface area (Å²) in [5, 5.41) is 2.88. The van der Waals surface area contributed by atoms with E-state index in [4.69, 9.17) is 25.8 Å². The highest BCUT2D eigenvalue weighted by Crippen LogP contribution is 2.43. The van der Waals surface area contributed by atoms with Crippen molar-refractivity contribution in [2.24, 2.45) is 0 Å². The molecule has 6 rings (SSSR count). The fourth-order valence-corrected chi connectivity index (χ4v) is 5.43. The highest BCUT2D eigenvalue weighted by molar-refractivity contribution is 6.33. The molecular weight excluding hydrogens is 565 g/mol. The molecule has 0 saturated carbocycles. The molecule has 1 aromatic carbocycles. The number of urea groups is 1. The largest absolute Gasteiger partial charge is 0.488 e. The Bertz CT molecular complexity index is 1470. The first-order valence-electron chi connectivity index (χ1n) is 13.0. The van der Waals surface area contributed by atoms with E-state index < -0.39 is 23.6 Å². The molecule has 2 amide bonds. The van der Waals surface area contributed by atoms with Crippen LogP contribution in [0.1, 0.15) is 25.8 Å². The smallest absolute Gasteiger partial charge is 0.416 e. The maximum absolute atomic E-state index is 13.5. The van der Waals surface area contributed by atoms with Crippen molar-refractivity contribution in [2.45, 2.75) is 44.4 Å². The van der Waals surface area contributed by atoms with Crippen LogP contribution in [0.5, 0.6) is 5.75 Å². The molecule has 2 saturated heterocycles. The Kier molecular flexibility index (Phi) is 6.91. The van der Waals surface area contributed by atoms with Gasteiger partial charge in [-0.2, -0.15) is 13.2 Å². The lowest BCUT2D eigenvalue weighted by atomic mass is 10.1. The Hall–Kier alpha value is -3.68. The Morgan fingerprint density at radius 3 is 2.73 bits per heavy atom. The molecule has 3 aliphatic rings. The van der Waals surface area contributed by atoms with Crippen molar-refractivity contribution in [3.8, 4) is 17.0 Å². The van der Waals surface area contributed by atoms with Gasteiger partial charge in [-0.25, -0.2) is 19.7 Å². The predicted octanol–water partition coefficient (Wildman–Crippen LogP) is 5.37. The van der Waals surface area contributed by atoms with E-state index in [-0.39, 0.29) is 41.0 Å². The summed E-state index contributed by atoms with van der Waals surface area (Å²) in [6.45, 7) is 5.56. The number of benzene rings is 1. The average Bonchev–Trinajstić information content (AvgIpc) is 3.51. The molecule has 1 N–H and O–H groups in total. The van der Waals surface area contributed by atoms with E-state index in [1.165, 1.54) is 29.4 Å². The molecule has 0 aliphatic carbocycles. The van der Waals surface area contributed by atoms with E-state index in [0.29, 0.717) is 43.4 Å². The molecule has 3 aromatic rings.